The van der Waals surface area contributed by atoms with Crippen LogP contribution in [0.1, 0.15) is 12.7 Å². The maximum Gasteiger partial charge on any atom is 0.429 e. The van der Waals surface area contributed by atoms with Gasteiger partial charge in [0.2, 0.25) is 16.7 Å². The van der Waals surface area contributed by atoms with Gasteiger partial charge in [-0.2, -0.15) is 9.36 Å². The zero-order chi connectivity index (χ0) is 30.9. The number of thioether (sulfide) groups is 2. The minimum atomic E-state index is -4.67. The van der Waals surface area contributed by atoms with Gasteiger partial charge < -0.3 is 25.0 Å². The summed E-state index contributed by atoms with van der Waals surface area (Å²) in [7, 11) is -2.77. The van der Waals surface area contributed by atoms with Crippen molar-refractivity contribution in [2.45, 2.75) is 22.7 Å². The molecule has 2 atom stereocenters. The molecule has 3 aromatic rings. The highest BCUT2D eigenvalue weighted by Crippen LogP contribution is 2.46. The first-order valence-electron chi connectivity index (χ1n) is 12.1. The molecule has 21 heteroatoms. The van der Waals surface area contributed by atoms with Crippen molar-refractivity contribution >= 4 is 82.8 Å². The number of fused-ring (bicyclic) bond motifs is 1. The molecular formula is C22H22N8O8PS4+. The Balaban J connectivity index is 1.31. The SMILES string of the molecule is CCO/N=C(\C(=O)N[C@@H]1C(=O)N2C(C(=O)O)=C(Sc3nc(-c4cc[n+](C)cc4)cs3)CS[C@H]12)c1nsc(NP(=O)(O)O)n1. The van der Waals surface area contributed by atoms with Gasteiger partial charge in [-0.15, -0.1) is 23.1 Å². The Morgan fingerprint density at radius 2 is 2.05 bits per heavy atom. The van der Waals surface area contributed by atoms with Gasteiger partial charge in [-0.1, -0.05) is 16.9 Å². The summed E-state index contributed by atoms with van der Waals surface area (Å²) in [4.78, 5) is 71.9. The molecule has 0 aromatic carbocycles. The van der Waals surface area contributed by atoms with Crippen LogP contribution in [0.25, 0.3) is 11.3 Å². The second kappa shape index (κ2) is 12.7. The minimum Gasteiger partial charge on any atom is -0.477 e. The molecule has 16 nitrogen and oxygen atoms in total. The van der Waals surface area contributed by atoms with Crippen molar-refractivity contribution in [3.8, 4) is 11.3 Å². The molecule has 0 bridgehead atoms. The van der Waals surface area contributed by atoms with E-state index in [1.807, 2.05) is 46.6 Å². The van der Waals surface area contributed by atoms with Crippen molar-refractivity contribution in [1.29, 1.82) is 0 Å². The summed E-state index contributed by atoms with van der Waals surface area (Å²) in [6, 6.07) is 2.77. The number of oxime groups is 1. The second-order valence-corrected chi connectivity index (χ2v) is 14.1. The number of aliphatic carboxylic acids is 1. The molecule has 2 aliphatic heterocycles. The molecule has 2 amide bonds. The summed E-state index contributed by atoms with van der Waals surface area (Å²) in [5, 5.41) is 19.0. The highest BCUT2D eigenvalue weighted by Gasteiger charge is 2.54. The van der Waals surface area contributed by atoms with Crippen LogP contribution >= 0.6 is 54.1 Å². The fourth-order valence-corrected chi connectivity index (χ4v) is 8.60. The molecular weight excluding hydrogens is 664 g/mol. The van der Waals surface area contributed by atoms with Crippen LogP contribution in [0.2, 0.25) is 0 Å². The lowest BCUT2D eigenvalue weighted by atomic mass is 10.0. The molecule has 0 aliphatic carbocycles. The zero-order valence-electron chi connectivity index (χ0n) is 22.1. The van der Waals surface area contributed by atoms with Crippen LogP contribution in [0, 0.1) is 0 Å². The van der Waals surface area contributed by atoms with E-state index in [1.165, 1.54) is 34.9 Å². The predicted octanol–water partition coefficient (Wildman–Crippen LogP) is 1.22. The van der Waals surface area contributed by atoms with Gasteiger partial charge in [0.25, 0.3) is 11.8 Å². The van der Waals surface area contributed by atoms with Gasteiger partial charge in [-0.3, -0.25) is 19.6 Å². The number of aromatic nitrogens is 4. The van der Waals surface area contributed by atoms with Crippen LogP contribution in [-0.2, 0) is 30.8 Å². The number of nitrogens with zero attached hydrogens (tertiary/aromatic N) is 6. The first-order valence-corrected chi connectivity index (χ1v) is 17.3. The van der Waals surface area contributed by atoms with Gasteiger partial charge in [0.05, 0.1) is 5.69 Å². The number of rotatable bonds is 11. The number of aryl methyl sites for hydroxylation is 1. The number of nitrogens with one attached hydrogen (secondary N) is 2. The summed E-state index contributed by atoms with van der Waals surface area (Å²) in [6.07, 6.45) is 3.80. The molecule has 226 valence electrons. The number of hydrogen-bond acceptors (Lipinski definition) is 13. The van der Waals surface area contributed by atoms with Crippen molar-refractivity contribution in [3.05, 3.63) is 46.3 Å². The van der Waals surface area contributed by atoms with E-state index < -0.39 is 42.7 Å². The highest BCUT2D eigenvalue weighted by molar-refractivity contribution is 8.07. The third-order valence-corrected chi connectivity index (χ3v) is 10.5. The fourth-order valence-electron chi connectivity index (χ4n) is 3.90. The Kier molecular flexibility index (Phi) is 9.16. The largest absolute Gasteiger partial charge is 0.477 e. The predicted molar refractivity (Wildman–Crippen MR) is 158 cm³/mol. The molecule has 3 aromatic heterocycles. The molecule has 1 fully saturated rings. The Hall–Kier alpha value is -3.39. The average molecular weight is 686 g/mol. The van der Waals surface area contributed by atoms with Crippen LogP contribution in [0.4, 0.5) is 5.13 Å². The van der Waals surface area contributed by atoms with E-state index in [2.05, 4.69) is 24.8 Å². The Morgan fingerprint density at radius 3 is 2.72 bits per heavy atom. The maximum absolute atomic E-state index is 13.2. The standard InChI is InChI=1S/C22H21N8O8PS4/c1-3-38-26-13(16-25-21(43-28-16)27-39(35,36)37)17(31)24-14-18(32)30-15(20(33)34)12(9-40-19(14)30)42-22-23-11(8-41-22)10-4-6-29(2)7-5-10/h4-8,14,19H,3,9H2,1-2H3,(H4-,24,25,27,28,31,33,34,35,36,37)/p+1/b26-13-/t14-,19-/m1/s1. The van der Waals surface area contributed by atoms with Crippen molar-refractivity contribution in [2.24, 2.45) is 12.2 Å². The van der Waals surface area contributed by atoms with Gasteiger partial charge in [-0.25, -0.2) is 18.9 Å². The van der Waals surface area contributed by atoms with E-state index in [9.17, 15) is 24.1 Å². The van der Waals surface area contributed by atoms with Gasteiger partial charge >= 0.3 is 13.7 Å². The van der Waals surface area contributed by atoms with Crippen molar-refractivity contribution in [1.82, 2.24) is 24.6 Å². The Morgan fingerprint density at radius 1 is 1.30 bits per heavy atom. The quantitative estimate of drug-likeness (QED) is 0.0630. The number of carbonyl (C=O) groups excluding carboxylic acids is 2. The summed E-state index contributed by atoms with van der Waals surface area (Å²) in [5.41, 5.74) is 1.06. The number of amides is 2. The van der Waals surface area contributed by atoms with E-state index in [0.29, 0.717) is 20.8 Å². The normalized spacial score (nSPS) is 18.7. The second-order valence-electron chi connectivity index (χ2n) is 8.73. The van der Waals surface area contributed by atoms with Gasteiger partial charge in [0, 0.05) is 45.3 Å². The molecule has 2 aliphatic rings. The van der Waals surface area contributed by atoms with Gasteiger partial charge in [-0.05, 0) is 6.92 Å². The molecule has 0 unspecified atom stereocenters. The summed E-state index contributed by atoms with van der Waals surface area (Å²) in [5.74, 6) is -2.84. The molecule has 5 rings (SSSR count). The van der Waals surface area contributed by atoms with Crippen LogP contribution in [-0.4, -0.2) is 81.4 Å². The lowest BCUT2D eigenvalue weighted by Crippen LogP contribution is -2.71. The number of carboxylic acid groups (broad SMARTS) is 1. The monoisotopic (exact) mass is 685 g/mol. The number of β-lactam (4-membered cyclic amide) rings is 1. The number of carboxylic acids is 1. The van der Waals surface area contributed by atoms with Crippen LogP contribution in [0.3, 0.4) is 0 Å². The Labute approximate surface area is 259 Å². The molecule has 1 saturated heterocycles. The first kappa shape index (κ1) is 31.0. The van der Waals surface area contributed by atoms with E-state index >= 15 is 0 Å². The fraction of sp³-hybridized carbons (Fsp3) is 0.273. The van der Waals surface area contributed by atoms with Crippen LogP contribution in [0.5, 0.6) is 0 Å². The first-order chi connectivity index (χ1) is 20.4. The number of pyridine rings is 1. The third-order valence-electron chi connectivity index (χ3n) is 5.77. The maximum atomic E-state index is 13.2. The molecule has 43 heavy (non-hydrogen) atoms. The lowest BCUT2D eigenvalue weighted by molar-refractivity contribution is -0.671. The number of thiazole rings is 1. The van der Waals surface area contributed by atoms with Crippen LogP contribution in [0.15, 0.2) is 50.0 Å². The number of anilines is 1. The molecule has 0 saturated carbocycles. The summed E-state index contributed by atoms with van der Waals surface area (Å²) >= 11 is 4.40. The summed E-state index contributed by atoms with van der Waals surface area (Å²) in [6.45, 7) is 1.70. The minimum absolute atomic E-state index is 0.0843. The van der Waals surface area contributed by atoms with E-state index in [4.69, 9.17) is 14.6 Å². The third kappa shape index (κ3) is 6.90. The average Bonchev–Trinajstić information content (AvgIpc) is 3.60. The molecule has 0 radical (unpaired) electrons. The molecule has 5 heterocycles. The van der Waals surface area contributed by atoms with Gasteiger partial charge in [0.15, 0.2) is 16.7 Å². The number of carbonyl (C=O) groups is 3. The highest BCUT2D eigenvalue weighted by atomic mass is 32.2. The van der Waals surface area contributed by atoms with Crippen LogP contribution < -0.4 is 15.0 Å². The van der Waals surface area contributed by atoms with E-state index in [0.717, 1.165) is 16.2 Å². The van der Waals surface area contributed by atoms with E-state index in [1.54, 1.807) is 6.92 Å². The van der Waals surface area contributed by atoms with E-state index in [-0.39, 0.29) is 29.0 Å². The molecule has 5 N–H and O–H groups in total. The van der Waals surface area contributed by atoms with Crippen molar-refractivity contribution in [3.63, 3.8) is 0 Å². The topological polar surface area (TPSA) is 220 Å². The Bertz CT molecular complexity index is 1690. The van der Waals surface area contributed by atoms with Gasteiger partial charge in [0.1, 0.15) is 30.8 Å². The van der Waals surface area contributed by atoms with Crippen molar-refractivity contribution in [2.75, 3.05) is 17.4 Å². The summed E-state index contributed by atoms with van der Waals surface area (Å²) < 4.78 is 17.6. The molecule has 0 spiro atoms. The zero-order valence-corrected chi connectivity index (χ0v) is 26.3. The number of hydrogen-bond donors (Lipinski definition) is 5. The lowest BCUT2D eigenvalue weighted by Gasteiger charge is -2.49. The smallest absolute Gasteiger partial charge is 0.429 e. The van der Waals surface area contributed by atoms with Crippen molar-refractivity contribution < 1.29 is 43.2 Å².